The predicted molar refractivity (Wildman–Crippen MR) is 36.0 cm³/mol. The van der Waals surface area contributed by atoms with Crippen LogP contribution in [0.3, 0.4) is 0 Å². The van der Waals surface area contributed by atoms with Crippen molar-refractivity contribution in [1.82, 2.24) is 0 Å². The third kappa shape index (κ3) is 1240. The summed E-state index contributed by atoms with van der Waals surface area (Å²) in [6.45, 7) is 0. The van der Waals surface area contributed by atoms with Crippen molar-refractivity contribution in [2.75, 3.05) is 0 Å². The fourth-order valence-electron chi connectivity index (χ4n) is 0. The maximum absolute atomic E-state index is 9.75. The molecule has 0 spiro atoms. The van der Waals surface area contributed by atoms with Crippen LogP contribution in [-0.4, -0.2) is 14.5 Å². The van der Waals surface area contributed by atoms with Crippen LogP contribution in [0.4, 0.5) is 34.5 Å². The summed E-state index contributed by atoms with van der Waals surface area (Å²) >= 11 is 0. The zero-order chi connectivity index (χ0) is 9.00. The molecule has 0 aromatic carbocycles. The molecule has 0 bridgehead atoms. The molecule has 0 atom stereocenters. The Kier molecular flexibility index (Phi) is 25.2. The van der Waals surface area contributed by atoms with Gasteiger partial charge in [-0.05, 0) is 0 Å². The number of halogens is 10. The summed E-state index contributed by atoms with van der Waals surface area (Å²) in [6.07, 6.45) is 0. The topological polar surface area (TPSA) is 0 Å². The Balaban J connectivity index is -0.0000000178. The van der Waals surface area contributed by atoms with Crippen LogP contribution in [0, 0.1) is 0 Å². The summed E-state index contributed by atoms with van der Waals surface area (Å²) < 4.78 is 78.0. The zero-order valence-corrected chi connectivity index (χ0v) is 9.63. The van der Waals surface area contributed by atoms with Crippen LogP contribution in [0.2, 0.25) is 0 Å². The third-order valence-electron chi connectivity index (χ3n) is 0. The normalized spacial score (nSPS) is 9.23. The molecule has 0 nitrogen and oxygen atoms in total. The van der Waals surface area contributed by atoms with Crippen molar-refractivity contribution < 1.29 is 65.5 Å². The monoisotopic (exact) mass is 270 g/mol. The largest absolute Gasteiger partial charge is 1.00 e. The van der Waals surface area contributed by atoms with Crippen molar-refractivity contribution >= 4 is 39.3 Å². The summed E-state index contributed by atoms with van der Waals surface area (Å²) in [5.41, 5.74) is 0. The minimum absolute atomic E-state index is 0. The second kappa shape index (κ2) is 11.2. The number of rotatable bonds is 0. The van der Waals surface area contributed by atoms with E-state index in [-0.39, 0.29) is 55.8 Å². The standard InChI is InChI=1S/2BF4.2ClH.Na.H/c2*2-1(3,4)5;;;;/h;;2*1H;;/q2*-1;;;+1;-1. The molecule has 0 aliphatic rings. The fraction of sp³-hybridized carbons (Fsp3) is 0. The third-order valence-corrected chi connectivity index (χ3v) is 0. The SMILES string of the molecule is Cl.Cl.F[B-](F)(F)F.F[B-](F)(F)F.[H-].[Na+]. The molecule has 0 rings (SSSR count). The molecule has 13 heavy (non-hydrogen) atoms. The van der Waals surface area contributed by atoms with Crippen LogP contribution < -0.4 is 29.6 Å². The van der Waals surface area contributed by atoms with Crippen LogP contribution >= 0.6 is 24.8 Å². The first-order valence-corrected chi connectivity index (χ1v) is 1.75. The molecule has 0 unspecified atom stereocenters. The van der Waals surface area contributed by atoms with Gasteiger partial charge in [0, 0.05) is 0 Å². The Morgan fingerprint density at radius 1 is 0.538 bits per heavy atom. The van der Waals surface area contributed by atoms with Gasteiger partial charge in [0.1, 0.15) is 0 Å². The first kappa shape index (κ1) is 29.2. The number of hydrogen-bond donors (Lipinski definition) is 0. The molecule has 0 fully saturated rings. The molecule has 0 aromatic heterocycles. The molecule has 0 saturated heterocycles. The molecular weight excluding hydrogens is 268 g/mol. The molecular formula is H3B2Cl2F8Na-2. The molecule has 0 N–H and O–H groups in total. The van der Waals surface area contributed by atoms with E-state index in [1.165, 1.54) is 0 Å². The van der Waals surface area contributed by atoms with E-state index in [0.29, 0.717) is 0 Å². The van der Waals surface area contributed by atoms with Crippen LogP contribution in [-0.2, 0) is 0 Å². The van der Waals surface area contributed by atoms with Crippen molar-refractivity contribution in [1.29, 1.82) is 0 Å². The Morgan fingerprint density at radius 2 is 0.538 bits per heavy atom. The summed E-state index contributed by atoms with van der Waals surface area (Å²) in [5.74, 6) is 0. The minimum Gasteiger partial charge on any atom is -1.00 e. The quantitative estimate of drug-likeness (QED) is 0.446. The van der Waals surface area contributed by atoms with Gasteiger partial charge < -0.3 is 36.0 Å². The van der Waals surface area contributed by atoms with Gasteiger partial charge in [0.05, 0.1) is 0 Å². The fourth-order valence-corrected chi connectivity index (χ4v) is 0. The first-order valence-electron chi connectivity index (χ1n) is 1.75. The summed E-state index contributed by atoms with van der Waals surface area (Å²) in [5, 5.41) is 0. The molecule has 0 aromatic rings. The van der Waals surface area contributed by atoms with Crippen molar-refractivity contribution in [3.8, 4) is 0 Å². The summed E-state index contributed by atoms with van der Waals surface area (Å²) in [7, 11) is -12.0. The summed E-state index contributed by atoms with van der Waals surface area (Å²) in [6, 6.07) is 0. The van der Waals surface area contributed by atoms with Crippen molar-refractivity contribution in [3.05, 3.63) is 0 Å². The van der Waals surface area contributed by atoms with E-state index < -0.39 is 14.5 Å². The van der Waals surface area contributed by atoms with E-state index >= 15 is 0 Å². The van der Waals surface area contributed by atoms with Crippen LogP contribution in [0.1, 0.15) is 1.43 Å². The second-order valence-electron chi connectivity index (χ2n) is 0.990. The van der Waals surface area contributed by atoms with E-state index in [1.54, 1.807) is 0 Å². The Morgan fingerprint density at radius 3 is 0.538 bits per heavy atom. The number of hydrogen-bond acceptors (Lipinski definition) is 0. The van der Waals surface area contributed by atoms with Gasteiger partial charge in [-0.3, -0.25) is 0 Å². The van der Waals surface area contributed by atoms with Crippen LogP contribution in [0.5, 0.6) is 0 Å². The van der Waals surface area contributed by atoms with Gasteiger partial charge in [0.15, 0.2) is 0 Å². The molecule has 0 aliphatic heterocycles. The van der Waals surface area contributed by atoms with E-state index in [9.17, 15) is 34.5 Å². The molecule has 0 aliphatic carbocycles. The minimum atomic E-state index is -6.00. The van der Waals surface area contributed by atoms with Gasteiger partial charge in [-0.2, -0.15) is 0 Å². The molecule has 0 radical (unpaired) electrons. The Labute approximate surface area is 105 Å². The first-order chi connectivity index (χ1) is 4.00. The predicted octanol–water partition coefficient (Wildman–Crippen LogP) is 0.560. The van der Waals surface area contributed by atoms with Crippen LogP contribution in [0.15, 0.2) is 0 Å². The maximum Gasteiger partial charge on any atom is 1.00 e. The molecule has 0 saturated carbocycles. The van der Waals surface area contributed by atoms with E-state index in [4.69, 9.17) is 0 Å². The average Bonchev–Trinajstić information content (AvgIpc) is 1.12. The van der Waals surface area contributed by atoms with E-state index in [2.05, 4.69) is 0 Å². The van der Waals surface area contributed by atoms with Gasteiger partial charge in [-0.25, -0.2) is 0 Å². The Bertz CT molecular complexity index is 68.3. The van der Waals surface area contributed by atoms with Crippen molar-refractivity contribution in [2.45, 2.75) is 0 Å². The smallest absolute Gasteiger partial charge is 1.00 e. The maximum atomic E-state index is 9.75. The molecule has 0 amide bonds. The van der Waals surface area contributed by atoms with Crippen molar-refractivity contribution in [2.24, 2.45) is 0 Å². The van der Waals surface area contributed by atoms with E-state index in [0.717, 1.165) is 0 Å². The molecule has 0 heterocycles. The summed E-state index contributed by atoms with van der Waals surface area (Å²) in [4.78, 5) is 0. The van der Waals surface area contributed by atoms with Gasteiger partial charge in [-0.15, -0.1) is 24.8 Å². The Hall–Kier alpha value is 1.15. The zero-order valence-electron chi connectivity index (χ0n) is 6.99. The molecule has 13 heteroatoms. The van der Waals surface area contributed by atoms with Gasteiger partial charge in [-0.1, -0.05) is 0 Å². The molecule has 82 valence electrons. The second-order valence-corrected chi connectivity index (χ2v) is 0.990. The average molecular weight is 271 g/mol. The van der Waals surface area contributed by atoms with Gasteiger partial charge in [0.2, 0.25) is 0 Å². The van der Waals surface area contributed by atoms with Crippen molar-refractivity contribution in [3.63, 3.8) is 0 Å². The van der Waals surface area contributed by atoms with Gasteiger partial charge in [0.25, 0.3) is 0 Å². The van der Waals surface area contributed by atoms with Gasteiger partial charge >= 0.3 is 44.1 Å². The van der Waals surface area contributed by atoms with E-state index in [1.807, 2.05) is 0 Å². The van der Waals surface area contributed by atoms with Crippen LogP contribution in [0.25, 0.3) is 0 Å².